The summed E-state index contributed by atoms with van der Waals surface area (Å²) < 4.78 is 0. The molecule has 0 aliphatic heterocycles. The quantitative estimate of drug-likeness (QED) is 0.237. The number of carbonyl (C=O) groups is 1. The van der Waals surface area contributed by atoms with E-state index in [2.05, 4.69) is 37.1 Å². The highest BCUT2D eigenvalue weighted by Gasteiger charge is 2.62. The molecule has 1 aromatic rings. The van der Waals surface area contributed by atoms with Crippen molar-refractivity contribution in [1.82, 2.24) is 10.3 Å². The third-order valence-corrected chi connectivity index (χ3v) is 13.3. The summed E-state index contributed by atoms with van der Waals surface area (Å²) in [6, 6.07) is 4.85. The van der Waals surface area contributed by atoms with E-state index in [1.807, 2.05) is 25.4 Å². The van der Waals surface area contributed by atoms with E-state index >= 15 is 0 Å². The predicted octanol–water partition coefficient (Wildman–Crippen LogP) is 8.17. The van der Waals surface area contributed by atoms with Gasteiger partial charge < -0.3 is 10.4 Å². The van der Waals surface area contributed by atoms with Gasteiger partial charge in [-0.05, 0) is 142 Å². The van der Waals surface area contributed by atoms with Gasteiger partial charge in [-0.1, -0.05) is 46.6 Å². The number of aliphatic hydroxyl groups is 1. The Morgan fingerprint density at radius 2 is 1.83 bits per heavy atom. The number of aromatic nitrogens is 1. The maximum atomic E-state index is 12.0. The van der Waals surface area contributed by atoms with Gasteiger partial charge in [-0.15, -0.1) is 0 Å². The highest BCUT2D eigenvalue weighted by atomic mass is 16.3. The fraction of sp³-hybridized carbons (Fsp3) is 0.838. The lowest BCUT2D eigenvalue weighted by Gasteiger charge is -2.62. The van der Waals surface area contributed by atoms with Gasteiger partial charge in [0.25, 0.3) is 0 Å². The lowest BCUT2D eigenvalue weighted by atomic mass is 9.43. The van der Waals surface area contributed by atoms with Crippen LogP contribution in [-0.2, 0) is 11.2 Å². The molecule has 0 bridgehead atoms. The molecule has 4 heteroatoms. The van der Waals surface area contributed by atoms with Crippen LogP contribution in [0, 0.1) is 46.3 Å². The van der Waals surface area contributed by atoms with Crippen LogP contribution < -0.4 is 5.32 Å². The molecule has 0 aromatic carbocycles. The zero-order chi connectivity index (χ0) is 29.0. The number of aliphatic hydroxyl groups excluding tert-OH is 1. The molecule has 1 aromatic heterocycles. The maximum absolute atomic E-state index is 12.0. The van der Waals surface area contributed by atoms with Gasteiger partial charge in [0.15, 0.2) is 0 Å². The molecule has 4 fully saturated rings. The van der Waals surface area contributed by atoms with Crippen LogP contribution in [0.2, 0.25) is 0 Å². The van der Waals surface area contributed by atoms with E-state index < -0.39 is 0 Å². The van der Waals surface area contributed by atoms with Crippen LogP contribution in [0.3, 0.4) is 0 Å². The number of carbonyl (C=O) groups excluding carboxylic acids is 1. The van der Waals surface area contributed by atoms with Crippen molar-refractivity contribution in [2.75, 3.05) is 6.54 Å². The number of pyridine rings is 1. The Balaban J connectivity index is 1.10. The van der Waals surface area contributed by atoms with Crippen molar-refractivity contribution in [1.29, 1.82) is 0 Å². The lowest BCUT2D eigenvalue weighted by Crippen LogP contribution is -2.59. The molecule has 4 unspecified atom stereocenters. The summed E-state index contributed by atoms with van der Waals surface area (Å²) in [5, 5.41) is 15.7. The number of unbranched alkanes of at least 4 members (excludes halogenated alkanes) is 3. The molecule has 0 spiro atoms. The minimum Gasteiger partial charge on any atom is -0.393 e. The summed E-state index contributed by atoms with van der Waals surface area (Å²) in [4.78, 5) is 16.3. The molecule has 0 saturated heterocycles. The second-order valence-electron chi connectivity index (χ2n) is 15.4. The molecule has 10 atom stereocenters. The molecular formula is C37H60N2O2. The minimum atomic E-state index is -0.128. The second kappa shape index (κ2) is 13.6. The molecule has 4 aliphatic rings. The van der Waals surface area contributed by atoms with E-state index in [9.17, 15) is 9.90 Å². The first kappa shape index (κ1) is 31.2. The number of hydrogen-bond acceptors (Lipinski definition) is 4. The van der Waals surface area contributed by atoms with Gasteiger partial charge in [0.05, 0.1) is 6.10 Å². The molecule has 1 heterocycles. The SMILES string of the molecule is CCC(=O)CC[C@@H](C)[C@H]1CCC2C3C(O)C[C@H]4C[C@H](NCCCCCCc5cccnc5)CC[C@]4(C)C3CC[C@@]21C. The molecule has 2 N–H and O–H groups in total. The van der Waals surface area contributed by atoms with Crippen molar-refractivity contribution in [2.45, 2.75) is 143 Å². The molecule has 4 aliphatic carbocycles. The number of nitrogens with zero attached hydrogens (tertiary/aromatic N) is 1. The summed E-state index contributed by atoms with van der Waals surface area (Å²) in [7, 11) is 0. The van der Waals surface area contributed by atoms with Crippen LogP contribution in [0.4, 0.5) is 0 Å². The van der Waals surface area contributed by atoms with Gasteiger partial charge in [-0.25, -0.2) is 0 Å². The van der Waals surface area contributed by atoms with Crippen molar-refractivity contribution in [3.8, 4) is 0 Å². The Labute approximate surface area is 251 Å². The molecule has 0 radical (unpaired) electrons. The topological polar surface area (TPSA) is 62.2 Å². The Morgan fingerprint density at radius 3 is 2.61 bits per heavy atom. The number of nitrogens with one attached hydrogen (secondary N) is 1. The van der Waals surface area contributed by atoms with Crippen molar-refractivity contribution >= 4 is 5.78 Å². The highest BCUT2D eigenvalue weighted by molar-refractivity contribution is 5.77. The average Bonchev–Trinajstić information content (AvgIpc) is 3.33. The van der Waals surface area contributed by atoms with Crippen LogP contribution in [0.5, 0.6) is 0 Å². The van der Waals surface area contributed by atoms with Gasteiger partial charge in [-0.2, -0.15) is 0 Å². The number of aryl methyl sites for hydroxylation is 1. The summed E-state index contributed by atoms with van der Waals surface area (Å²) in [6.45, 7) is 10.7. The van der Waals surface area contributed by atoms with Crippen LogP contribution in [0.25, 0.3) is 0 Å². The normalized spacial score (nSPS) is 39.0. The van der Waals surface area contributed by atoms with E-state index in [-0.39, 0.29) is 6.10 Å². The van der Waals surface area contributed by atoms with Gasteiger partial charge >= 0.3 is 0 Å². The molecular weight excluding hydrogens is 504 g/mol. The van der Waals surface area contributed by atoms with E-state index in [1.54, 1.807) is 0 Å². The standard InChI is InChI=1S/C37H60N2O2/c1-5-30(40)14-13-26(2)31-15-16-32-35-33(18-20-37(31,32)4)36(3)19-17-29(23-28(36)24-34(35)41)39-22-9-7-6-8-11-27-12-10-21-38-25-27/h10,12,21,25-26,28-29,31-35,39,41H,5-9,11,13-20,22-24H2,1-4H3/t26-,28-,29-,31-,32?,33?,34?,35?,36+,37-/m1/s1. The maximum Gasteiger partial charge on any atom is 0.132 e. The van der Waals surface area contributed by atoms with E-state index in [1.165, 1.54) is 76.2 Å². The molecule has 4 nitrogen and oxygen atoms in total. The second-order valence-corrected chi connectivity index (χ2v) is 15.4. The third-order valence-electron chi connectivity index (χ3n) is 13.3. The Bertz CT molecular complexity index is 982. The first-order chi connectivity index (χ1) is 19.8. The largest absolute Gasteiger partial charge is 0.393 e. The number of fused-ring (bicyclic) bond motifs is 5. The number of rotatable bonds is 13. The zero-order valence-electron chi connectivity index (χ0n) is 26.8. The molecule has 41 heavy (non-hydrogen) atoms. The minimum absolute atomic E-state index is 0.128. The van der Waals surface area contributed by atoms with Crippen LogP contribution in [0.15, 0.2) is 24.5 Å². The molecule has 5 rings (SSSR count). The Morgan fingerprint density at radius 1 is 1.05 bits per heavy atom. The van der Waals surface area contributed by atoms with Crippen molar-refractivity contribution in [2.24, 2.45) is 46.3 Å². The van der Waals surface area contributed by atoms with Gasteiger partial charge in [0.2, 0.25) is 0 Å². The van der Waals surface area contributed by atoms with E-state index in [0.717, 1.165) is 32.2 Å². The Hall–Kier alpha value is -1.26. The van der Waals surface area contributed by atoms with Gasteiger partial charge in [-0.3, -0.25) is 9.78 Å². The molecule has 4 saturated carbocycles. The highest BCUT2D eigenvalue weighted by Crippen LogP contribution is 2.68. The van der Waals surface area contributed by atoms with E-state index in [0.29, 0.717) is 64.6 Å². The van der Waals surface area contributed by atoms with Crippen molar-refractivity contribution in [3.63, 3.8) is 0 Å². The molecule has 0 amide bonds. The number of Topliss-reactive ketones (excluding diaryl/α,β-unsaturated/α-hetero) is 1. The smallest absolute Gasteiger partial charge is 0.132 e. The van der Waals surface area contributed by atoms with Crippen molar-refractivity contribution in [3.05, 3.63) is 30.1 Å². The third kappa shape index (κ3) is 6.64. The molecule has 230 valence electrons. The summed E-state index contributed by atoms with van der Waals surface area (Å²) in [6.07, 6.45) is 22.6. The van der Waals surface area contributed by atoms with Crippen molar-refractivity contribution < 1.29 is 9.90 Å². The predicted molar refractivity (Wildman–Crippen MR) is 169 cm³/mol. The fourth-order valence-electron chi connectivity index (χ4n) is 10.8. The van der Waals surface area contributed by atoms with Crippen LogP contribution in [0.1, 0.15) is 130 Å². The van der Waals surface area contributed by atoms with E-state index in [4.69, 9.17) is 0 Å². The van der Waals surface area contributed by atoms with Crippen LogP contribution >= 0.6 is 0 Å². The van der Waals surface area contributed by atoms with Crippen LogP contribution in [-0.4, -0.2) is 34.6 Å². The summed E-state index contributed by atoms with van der Waals surface area (Å²) in [5.41, 5.74) is 2.10. The average molecular weight is 565 g/mol. The Kier molecular flexibility index (Phi) is 10.3. The van der Waals surface area contributed by atoms with Gasteiger partial charge in [0, 0.05) is 31.3 Å². The number of ketones is 1. The monoisotopic (exact) mass is 564 g/mol. The summed E-state index contributed by atoms with van der Waals surface area (Å²) in [5.74, 6) is 4.24. The summed E-state index contributed by atoms with van der Waals surface area (Å²) >= 11 is 0. The lowest BCUT2D eigenvalue weighted by molar-refractivity contribution is -0.167. The van der Waals surface area contributed by atoms with Gasteiger partial charge in [0.1, 0.15) is 5.78 Å². The first-order valence-corrected chi connectivity index (χ1v) is 17.6. The fourth-order valence-corrected chi connectivity index (χ4v) is 10.8. The zero-order valence-corrected chi connectivity index (χ0v) is 26.8. The first-order valence-electron chi connectivity index (χ1n) is 17.6. The number of hydrogen-bond donors (Lipinski definition) is 2.